The van der Waals surface area contributed by atoms with E-state index < -0.39 is 0 Å². The molecule has 1 aromatic carbocycles. The first-order chi connectivity index (χ1) is 8.74. The fraction of sp³-hybridized carbons (Fsp3) is 0.188. The number of fused-ring (bicyclic) bond motifs is 1. The van der Waals surface area contributed by atoms with Gasteiger partial charge in [-0.1, -0.05) is 36.9 Å². The van der Waals surface area contributed by atoms with Crippen molar-refractivity contribution in [2.45, 2.75) is 18.8 Å². The maximum absolute atomic E-state index is 5.77. The molecule has 1 aliphatic carbocycles. The highest BCUT2D eigenvalue weighted by Crippen LogP contribution is 2.37. The lowest BCUT2D eigenvalue weighted by molar-refractivity contribution is 0.669. The largest absolute Gasteiger partial charge is 0.384 e. The molecule has 3 rings (SSSR count). The number of nitrogens with two attached hydrogens (primary N) is 1. The van der Waals surface area contributed by atoms with Gasteiger partial charge in [0.2, 0.25) is 0 Å². The average Bonchev–Trinajstić information content (AvgIpc) is 2.39. The highest BCUT2D eigenvalue weighted by molar-refractivity contribution is 5.69. The number of nitrogen functional groups attached to an aromatic ring is 1. The zero-order chi connectivity index (χ0) is 12.5. The lowest BCUT2D eigenvalue weighted by atomic mass is 9.80. The maximum Gasteiger partial charge on any atom is 0.123 e. The number of anilines is 1. The van der Waals surface area contributed by atoms with E-state index >= 15 is 0 Å². The Bertz CT molecular complexity index is 587. The van der Waals surface area contributed by atoms with Gasteiger partial charge in [0, 0.05) is 0 Å². The second kappa shape index (κ2) is 4.30. The highest BCUT2D eigenvalue weighted by atomic mass is 14.8. The molecular formula is C16H16N2. The maximum atomic E-state index is 5.77. The molecule has 1 atom stereocenters. The van der Waals surface area contributed by atoms with Crippen LogP contribution >= 0.6 is 0 Å². The molecular weight excluding hydrogens is 220 g/mol. The number of rotatable bonds is 1. The van der Waals surface area contributed by atoms with Crippen LogP contribution in [0.25, 0.3) is 5.57 Å². The van der Waals surface area contributed by atoms with E-state index in [0.717, 1.165) is 24.1 Å². The topological polar surface area (TPSA) is 38.9 Å². The van der Waals surface area contributed by atoms with E-state index in [0.29, 0.717) is 11.7 Å². The van der Waals surface area contributed by atoms with Gasteiger partial charge in [0.25, 0.3) is 0 Å². The van der Waals surface area contributed by atoms with Crippen LogP contribution in [0.4, 0.5) is 5.82 Å². The molecule has 90 valence electrons. The van der Waals surface area contributed by atoms with E-state index in [9.17, 15) is 0 Å². The Hall–Kier alpha value is -2.09. The Kier molecular flexibility index (Phi) is 2.63. The summed E-state index contributed by atoms with van der Waals surface area (Å²) < 4.78 is 0. The number of nitrogens with zero attached hydrogens (tertiary/aromatic N) is 1. The Morgan fingerprint density at radius 1 is 1.06 bits per heavy atom. The molecule has 18 heavy (non-hydrogen) atoms. The van der Waals surface area contributed by atoms with Gasteiger partial charge in [-0.3, -0.25) is 0 Å². The SMILES string of the molecule is C=C1CC(c2ccccc2)Cc2nc(N)ccc21. The van der Waals surface area contributed by atoms with Crippen molar-refractivity contribution in [3.05, 3.63) is 65.9 Å². The van der Waals surface area contributed by atoms with Crippen molar-refractivity contribution in [2.75, 3.05) is 5.73 Å². The minimum absolute atomic E-state index is 0.473. The van der Waals surface area contributed by atoms with Gasteiger partial charge in [0.05, 0.1) is 5.69 Å². The first-order valence-corrected chi connectivity index (χ1v) is 6.22. The molecule has 1 aliphatic rings. The summed E-state index contributed by atoms with van der Waals surface area (Å²) >= 11 is 0. The van der Waals surface area contributed by atoms with E-state index in [-0.39, 0.29) is 0 Å². The monoisotopic (exact) mass is 236 g/mol. The molecule has 0 aliphatic heterocycles. The lowest BCUT2D eigenvalue weighted by Gasteiger charge is -2.26. The van der Waals surface area contributed by atoms with Gasteiger partial charge in [0.1, 0.15) is 5.82 Å². The Labute approximate surface area is 107 Å². The van der Waals surface area contributed by atoms with E-state index in [1.54, 1.807) is 0 Å². The second-order valence-corrected chi connectivity index (χ2v) is 4.85. The van der Waals surface area contributed by atoms with E-state index in [1.165, 1.54) is 11.1 Å². The van der Waals surface area contributed by atoms with Gasteiger partial charge in [-0.05, 0) is 47.6 Å². The van der Waals surface area contributed by atoms with Crippen molar-refractivity contribution < 1.29 is 0 Å². The summed E-state index contributed by atoms with van der Waals surface area (Å²) in [6.45, 7) is 4.18. The third-order valence-electron chi connectivity index (χ3n) is 3.58. The summed E-state index contributed by atoms with van der Waals surface area (Å²) in [7, 11) is 0. The molecule has 1 aromatic heterocycles. The predicted molar refractivity (Wildman–Crippen MR) is 75.2 cm³/mol. The van der Waals surface area contributed by atoms with Crippen LogP contribution in [0.5, 0.6) is 0 Å². The standard InChI is InChI=1S/C16H16N2/c1-11-9-13(12-5-3-2-4-6-12)10-15-14(11)7-8-16(17)18-15/h2-8,13H,1,9-10H2,(H2,17,18). The third-order valence-corrected chi connectivity index (χ3v) is 3.58. The molecule has 2 N–H and O–H groups in total. The average molecular weight is 236 g/mol. The van der Waals surface area contributed by atoms with Gasteiger partial charge in [0.15, 0.2) is 0 Å². The number of allylic oxidation sites excluding steroid dienone is 1. The summed E-state index contributed by atoms with van der Waals surface area (Å²) in [6, 6.07) is 14.5. The fourth-order valence-corrected chi connectivity index (χ4v) is 2.67. The summed E-state index contributed by atoms with van der Waals surface area (Å²) in [5.74, 6) is 1.07. The number of hydrogen-bond acceptors (Lipinski definition) is 2. The molecule has 0 amide bonds. The van der Waals surface area contributed by atoms with Crippen LogP contribution in [0.1, 0.15) is 29.2 Å². The van der Waals surface area contributed by atoms with Gasteiger partial charge < -0.3 is 5.73 Å². The van der Waals surface area contributed by atoms with Crippen molar-refractivity contribution in [3.8, 4) is 0 Å². The molecule has 2 aromatic rings. The highest BCUT2D eigenvalue weighted by Gasteiger charge is 2.23. The summed E-state index contributed by atoms with van der Waals surface area (Å²) in [5, 5.41) is 0. The minimum atomic E-state index is 0.473. The zero-order valence-corrected chi connectivity index (χ0v) is 10.3. The molecule has 0 spiro atoms. The Morgan fingerprint density at radius 2 is 1.83 bits per heavy atom. The number of pyridine rings is 1. The second-order valence-electron chi connectivity index (χ2n) is 4.85. The summed E-state index contributed by atoms with van der Waals surface area (Å²) in [6.07, 6.45) is 1.95. The van der Waals surface area contributed by atoms with Crippen LogP contribution in [-0.2, 0) is 6.42 Å². The van der Waals surface area contributed by atoms with Gasteiger partial charge in [-0.25, -0.2) is 4.98 Å². The smallest absolute Gasteiger partial charge is 0.123 e. The molecule has 0 saturated carbocycles. The quantitative estimate of drug-likeness (QED) is 0.824. The zero-order valence-electron chi connectivity index (χ0n) is 10.3. The van der Waals surface area contributed by atoms with Crippen LogP contribution in [0, 0.1) is 0 Å². The molecule has 1 unspecified atom stereocenters. The molecule has 0 fully saturated rings. The third kappa shape index (κ3) is 1.90. The van der Waals surface area contributed by atoms with Gasteiger partial charge >= 0.3 is 0 Å². The summed E-state index contributed by atoms with van der Waals surface area (Å²) in [4.78, 5) is 4.46. The van der Waals surface area contributed by atoms with Crippen LogP contribution in [0.2, 0.25) is 0 Å². The predicted octanol–water partition coefficient (Wildman–Crippen LogP) is 3.41. The van der Waals surface area contributed by atoms with Crippen molar-refractivity contribution >= 4 is 11.4 Å². The first kappa shape index (κ1) is 11.0. The molecule has 2 heteroatoms. The van der Waals surface area contributed by atoms with Gasteiger partial charge in [-0.2, -0.15) is 0 Å². The molecule has 2 nitrogen and oxygen atoms in total. The van der Waals surface area contributed by atoms with Crippen LogP contribution in [0.15, 0.2) is 49.0 Å². The van der Waals surface area contributed by atoms with Crippen LogP contribution in [0.3, 0.4) is 0 Å². The van der Waals surface area contributed by atoms with Crippen molar-refractivity contribution in [2.24, 2.45) is 0 Å². The molecule has 0 saturated heterocycles. The minimum Gasteiger partial charge on any atom is -0.384 e. The first-order valence-electron chi connectivity index (χ1n) is 6.22. The van der Waals surface area contributed by atoms with E-state index in [2.05, 4.69) is 35.8 Å². The van der Waals surface area contributed by atoms with Crippen molar-refractivity contribution in [1.82, 2.24) is 4.98 Å². The lowest BCUT2D eigenvalue weighted by Crippen LogP contribution is -2.14. The van der Waals surface area contributed by atoms with Gasteiger partial charge in [-0.15, -0.1) is 0 Å². The summed E-state index contributed by atoms with van der Waals surface area (Å²) in [5.41, 5.74) is 10.6. The van der Waals surface area contributed by atoms with Crippen molar-refractivity contribution in [3.63, 3.8) is 0 Å². The van der Waals surface area contributed by atoms with E-state index in [1.807, 2.05) is 18.2 Å². The molecule has 1 heterocycles. The number of hydrogen-bond donors (Lipinski definition) is 1. The molecule has 0 bridgehead atoms. The normalized spacial score (nSPS) is 18.4. The van der Waals surface area contributed by atoms with E-state index in [4.69, 9.17) is 5.73 Å². The fourth-order valence-electron chi connectivity index (χ4n) is 2.67. The molecule has 0 radical (unpaired) electrons. The Morgan fingerprint density at radius 3 is 2.61 bits per heavy atom. The number of aromatic nitrogens is 1. The Balaban J connectivity index is 1.98. The van der Waals surface area contributed by atoms with Crippen LogP contribution in [-0.4, -0.2) is 4.98 Å². The van der Waals surface area contributed by atoms with Crippen LogP contribution < -0.4 is 5.73 Å². The number of benzene rings is 1. The van der Waals surface area contributed by atoms with Crippen molar-refractivity contribution in [1.29, 1.82) is 0 Å².